The molecule has 0 saturated carbocycles. The summed E-state index contributed by atoms with van der Waals surface area (Å²) in [5, 5.41) is 0. The number of benzene rings is 2. The van der Waals surface area contributed by atoms with Gasteiger partial charge in [0, 0.05) is 32.0 Å². The van der Waals surface area contributed by atoms with Gasteiger partial charge in [0.1, 0.15) is 5.75 Å². The van der Waals surface area contributed by atoms with Gasteiger partial charge in [-0.25, -0.2) is 0 Å². The Bertz CT molecular complexity index is 846. The summed E-state index contributed by atoms with van der Waals surface area (Å²) in [6.07, 6.45) is 6.59. The zero-order valence-corrected chi connectivity index (χ0v) is 19.5. The molecule has 2 aromatic rings. The van der Waals surface area contributed by atoms with Gasteiger partial charge in [0.2, 0.25) is 5.91 Å². The second-order valence-electron chi connectivity index (χ2n) is 9.57. The van der Waals surface area contributed by atoms with Crippen molar-refractivity contribution in [2.24, 2.45) is 11.8 Å². The quantitative estimate of drug-likeness (QED) is 0.575. The van der Waals surface area contributed by atoms with Crippen molar-refractivity contribution < 1.29 is 9.53 Å². The molecule has 2 saturated heterocycles. The van der Waals surface area contributed by atoms with E-state index in [2.05, 4.69) is 59.5 Å². The van der Waals surface area contributed by atoms with Gasteiger partial charge < -0.3 is 9.64 Å². The van der Waals surface area contributed by atoms with Crippen molar-refractivity contribution in [3.05, 3.63) is 65.7 Å². The van der Waals surface area contributed by atoms with Crippen LogP contribution in [0.1, 0.15) is 50.2 Å². The molecule has 0 spiro atoms. The molecular formula is C28H38N2O2. The second-order valence-corrected chi connectivity index (χ2v) is 9.57. The molecule has 4 rings (SSSR count). The number of hydrogen-bond acceptors (Lipinski definition) is 3. The lowest BCUT2D eigenvalue weighted by molar-refractivity contribution is -0.132. The zero-order chi connectivity index (χ0) is 22.2. The maximum absolute atomic E-state index is 12.0. The molecule has 2 aliphatic rings. The Morgan fingerprint density at radius 1 is 0.938 bits per heavy atom. The molecule has 0 radical (unpaired) electrons. The van der Waals surface area contributed by atoms with Crippen LogP contribution in [0.4, 0.5) is 0 Å². The monoisotopic (exact) mass is 434 g/mol. The van der Waals surface area contributed by atoms with Gasteiger partial charge in [-0.05, 0) is 74.4 Å². The van der Waals surface area contributed by atoms with Gasteiger partial charge >= 0.3 is 0 Å². The van der Waals surface area contributed by atoms with Crippen LogP contribution in [0.25, 0.3) is 0 Å². The molecule has 0 bridgehead atoms. The summed E-state index contributed by atoms with van der Waals surface area (Å²) in [5.41, 5.74) is 2.80. The van der Waals surface area contributed by atoms with Crippen LogP contribution in [0.15, 0.2) is 54.6 Å². The van der Waals surface area contributed by atoms with E-state index >= 15 is 0 Å². The molecule has 4 nitrogen and oxygen atoms in total. The average molecular weight is 435 g/mol. The van der Waals surface area contributed by atoms with Gasteiger partial charge in [-0.3, -0.25) is 9.69 Å². The number of likely N-dealkylation sites (tertiary alicyclic amines) is 2. The van der Waals surface area contributed by atoms with E-state index in [1.165, 1.54) is 43.5 Å². The molecule has 172 valence electrons. The predicted octanol–water partition coefficient (Wildman–Crippen LogP) is 5.17. The maximum atomic E-state index is 12.0. The standard InChI is InChI=1S/C28H38N2O2/c1-2-28(31)30-15-7-11-26(21-30)22-32-27-12-6-10-25(19-27)20-29-16-13-24(14-17-29)18-23-8-4-3-5-9-23/h3-6,8-10,12,19,24,26H,2,7,11,13-18,20-22H2,1H3/t26-/m0/s1. The summed E-state index contributed by atoms with van der Waals surface area (Å²) in [6.45, 7) is 7.72. The van der Waals surface area contributed by atoms with Gasteiger partial charge in [-0.2, -0.15) is 0 Å². The molecule has 2 aromatic carbocycles. The number of amides is 1. The van der Waals surface area contributed by atoms with E-state index in [-0.39, 0.29) is 5.91 Å². The van der Waals surface area contributed by atoms with Crippen LogP contribution in [0, 0.1) is 11.8 Å². The molecule has 0 unspecified atom stereocenters. The number of ether oxygens (including phenoxy) is 1. The molecule has 0 aliphatic carbocycles. The Balaban J connectivity index is 1.22. The van der Waals surface area contributed by atoms with E-state index in [9.17, 15) is 4.79 Å². The lowest BCUT2D eigenvalue weighted by atomic mass is 9.90. The third kappa shape index (κ3) is 6.59. The number of nitrogens with zero attached hydrogens (tertiary/aromatic N) is 2. The summed E-state index contributed by atoms with van der Waals surface area (Å²) in [6, 6.07) is 19.5. The Hall–Kier alpha value is -2.33. The van der Waals surface area contributed by atoms with Crippen molar-refractivity contribution in [2.45, 2.75) is 52.0 Å². The molecule has 32 heavy (non-hydrogen) atoms. The van der Waals surface area contributed by atoms with Crippen LogP contribution in [0.5, 0.6) is 5.75 Å². The Morgan fingerprint density at radius 2 is 1.72 bits per heavy atom. The summed E-state index contributed by atoms with van der Waals surface area (Å²) in [7, 11) is 0. The Labute approximate surface area is 193 Å². The highest BCUT2D eigenvalue weighted by molar-refractivity contribution is 5.75. The number of rotatable bonds is 8. The summed E-state index contributed by atoms with van der Waals surface area (Å²) in [4.78, 5) is 16.6. The fourth-order valence-electron chi connectivity index (χ4n) is 5.15. The molecule has 4 heteroatoms. The predicted molar refractivity (Wildman–Crippen MR) is 130 cm³/mol. The fraction of sp³-hybridized carbons (Fsp3) is 0.536. The second kappa shape index (κ2) is 11.5. The molecule has 1 amide bonds. The van der Waals surface area contributed by atoms with Crippen LogP contribution in [0.2, 0.25) is 0 Å². The maximum Gasteiger partial charge on any atom is 0.222 e. The first-order valence-corrected chi connectivity index (χ1v) is 12.5. The third-order valence-electron chi connectivity index (χ3n) is 7.04. The lowest BCUT2D eigenvalue weighted by Crippen LogP contribution is -2.41. The SMILES string of the molecule is CCC(=O)N1CCC[C@H](COc2cccc(CN3CCC(Cc4ccccc4)CC3)c2)C1. The molecule has 2 fully saturated rings. The summed E-state index contributed by atoms with van der Waals surface area (Å²) in [5.74, 6) is 2.47. The molecule has 0 aromatic heterocycles. The van der Waals surface area contributed by atoms with Gasteiger partial charge in [-0.1, -0.05) is 49.4 Å². The van der Waals surface area contributed by atoms with Crippen LogP contribution in [0.3, 0.4) is 0 Å². The van der Waals surface area contributed by atoms with E-state index in [4.69, 9.17) is 4.74 Å². The first-order chi connectivity index (χ1) is 15.7. The van der Waals surface area contributed by atoms with Crippen molar-refractivity contribution in [3.63, 3.8) is 0 Å². The highest BCUT2D eigenvalue weighted by atomic mass is 16.5. The van der Waals surface area contributed by atoms with Crippen molar-refractivity contribution in [1.82, 2.24) is 9.80 Å². The molecule has 2 heterocycles. The average Bonchev–Trinajstić information content (AvgIpc) is 2.84. The van der Waals surface area contributed by atoms with Gasteiger partial charge in [-0.15, -0.1) is 0 Å². The largest absolute Gasteiger partial charge is 0.493 e. The Kier molecular flexibility index (Phi) is 8.22. The zero-order valence-electron chi connectivity index (χ0n) is 19.5. The van der Waals surface area contributed by atoms with Crippen molar-refractivity contribution in [2.75, 3.05) is 32.8 Å². The van der Waals surface area contributed by atoms with Gasteiger partial charge in [0.15, 0.2) is 0 Å². The number of hydrogen-bond donors (Lipinski definition) is 0. The van der Waals surface area contributed by atoms with E-state index in [0.29, 0.717) is 18.9 Å². The highest BCUT2D eigenvalue weighted by Gasteiger charge is 2.23. The molecular weight excluding hydrogens is 396 g/mol. The van der Waals surface area contributed by atoms with E-state index in [1.54, 1.807) is 0 Å². The van der Waals surface area contributed by atoms with Gasteiger partial charge in [0.25, 0.3) is 0 Å². The van der Waals surface area contributed by atoms with Crippen molar-refractivity contribution in [1.29, 1.82) is 0 Å². The normalized spacial score (nSPS) is 20.3. The third-order valence-corrected chi connectivity index (χ3v) is 7.04. The van der Waals surface area contributed by atoms with Crippen LogP contribution in [-0.4, -0.2) is 48.5 Å². The van der Waals surface area contributed by atoms with Crippen LogP contribution in [-0.2, 0) is 17.8 Å². The smallest absolute Gasteiger partial charge is 0.222 e. The fourth-order valence-corrected chi connectivity index (χ4v) is 5.15. The summed E-state index contributed by atoms with van der Waals surface area (Å²) < 4.78 is 6.16. The number of carbonyl (C=O) groups excluding carboxylic acids is 1. The van der Waals surface area contributed by atoms with E-state index in [0.717, 1.165) is 44.1 Å². The minimum atomic E-state index is 0.268. The molecule has 0 N–H and O–H groups in total. The number of carbonyl (C=O) groups is 1. The molecule has 2 aliphatic heterocycles. The Morgan fingerprint density at radius 3 is 2.50 bits per heavy atom. The van der Waals surface area contributed by atoms with E-state index < -0.39 is 0 Å². The van der Waals surface area contributed by atoms with E-state index in [1.807, 2.05) is 11.8 Å². The first-order valence-electron chi connectivity index (χ1n) is 12.5. The minimum absolute atomic E-state index is 0.268. The first kappa shape index (κ1) is 22.8. The topological polar surface area (TPSA) is 32.8 Å². The van der Waals surface area contributed by atoms with Crippen LogP contribution >= 0.6 is 0 Å². The summed E-state index contributed by atoms with van der Waals surface area (Å²) >= 11 is 0. The van der Waals surface area contributed by atoms with Crippen molar-refractivity contribution in [3.8, 4) is 5.75 Å². The number of piperidine rings is 2. The minimum Gasteiger partial charge on any atom is -0.493 e. The lowest BCUT2D eigenvalue weighted by Gasteiger charge is -2.33. The van der Waals surface area contributed by atoms with Gasteiger partial charge in [0.05, 0.1) is 6.61 Å². The highest BCUT2D eigenvalue weighted by Crippen LogP contribution is 2.24. The van der Waals surface area contributed by atoms with Crippen molar-refractivity contribution >= 4 is 5.91 Å². The molecule has 1 atom stereocenters. The van der Waals surface area contributed by atoms with Crippen LogP contribution < -0.4 is 4.74 Å².